The zero-order chi connectivity index (χ0) is 20.0. The Bertz CT molecular complexity index is 898. The quantitative estimate of drug-likeness (QED) is 0.738. The van der Waals surface area contributed by atoms with E-state index >= 15 is 0 Å². The van der Waals surface area contributed by atoms with Gasteiger partial charge in [0.05, 0.1) is 11.7 Å². The van der Waals surface area contributed by atoms with Crippen LogP contribution in [0.2, 0.25) is 5.02 Å². The van der Waals surface area contributed by atoms with Gasteiger partial charge in [0.25, 0.3) is 5.91 Å². The minimum Gasteiger partial charge on any atom is -0.378 e. The summed E-state index contributed by atoms with van der Waals surface area (Å²) in [6.45, 7) is 2.15. The zero-order valence-electron chi connectivity index (χ0n) is 16.0. The third kappa shape index (κ3) is 2.93. The van der Waals surface area contributed by atoms with E-state index in [4.69, 9.17) is 16.4 Å². The van der Waals surface area contributed by atoms with Gasteiger partial charge in [0.1, 0.15) is 5.92 Å². The predicted molar refractivity (Wildman–Crippen MR) is 108 cm³/mol. The minimum atomic E-state index is -0.804. The van der Waals surface area contributed by atoms with Crippen molar-refractivity contribution >= 4 is 34.8 Å². The van der Waals surface area contributed by atoms with Crippen LogP contribution in [-0.4, -0.2) is 43.5 Å². The zero-order valence-corrected chi connectivity index (χ0v) is 16.8. The highest BCUT2D eigenvalue weighted by Crippen LogP contribution is 2.46. The number of likely N-dealkylation sites (N-methyl/N-ethyl adjacent to an activating group) is 1. The Morgan fingerprint density at radius 3 is 2.21 bits per heavy atom. The molecule has 2 aliphatic heterocycles. The number of carbonyl (C=O) groups is 2. The van der Waals surface area contributed by atoms with Crippen molar-refractivity contribution in [1.29, 1.82) is 0 Å². The average Bonchev–Trinajstić information content (AvgIpc) is 3.19. The Hall–Kier alpha value is -2.57. The van der Waals surface area contributed by atoms with Crippen LogP contribution in [0.25, 0.3) is 0 Å². The lowest BCUT2D eigenvalue weighted by atomic mass is 9.90. The van der Waals surface area contributed by atoms with Gasteiger partial charge >= 0.3 is 0 Å². The number of likely N-dealkylation sites (tertiary alicyclic amines) is 1. The molecule has 0 aliphatic carbocycles. The molecule has 0 saturated carbocycles. The second kappa shape index (κ2) is 7.11. The average molecular weight is 400 g/mol. The van der Waals surface area contributed by atoms with Gasteiger partial charge in [-0.2, -0.15) is 0 Å². The fraction of sp³-hybridized carbons (Fsp3) is 0.333. The van der Waals surface area contributed by atoms with E-state index in [0.29, 0.717) is 11.6 Å². The highest BCUT2D eigenvalue weighted by atomic mass is 35.5. The molecule has 0 radical (unpaired) electrons. The molecule has 0 aromatic heterocycles. The molecular weight excluding hydrogens is 378 g/mol. The molecule has 2 aliphatic rings. The molecule has 2 saturated heterocycles. The topological polar surface area (TPSA) is 53.1 Å². The van der Waals surface area contributed by atoms with Crippen LogP contribution in [-0.2, 0) is 14.4 Å². The molecule has 2 aromatic rings. The van der Waals surface area contributed by atoms with Gasteiger partial charge in [-0.3, -0.25) is 19.3 Å². The Morgan fingerprint density at radius 1 is 1.00 bits per heavy atom. The standard InChI is InChI=1S/C21H22ClN3O3/c1-4-24-20(26)17-18(13-5-9-15(10-6-13)23(2)3)25(28-19(17)21(24)27)16-11-7-14(22)8-12-16/h5-12,17-19H,4H2,1-3H3/t17-,18+,19+/m1/s1. The van der Waals surface area contributed by atoms with Gasteiger partial charge < -0.3 is 4.90 Å². The minimum absolute atomic E-state index is 0.185. The molecule has 4 rings (SSSR count). The molecule has 6 nitrogen and oxygen atoms in total. The number of fused-ring (bicyclic) bond motifs is 1. The number of anilines is 2. The lowest BCUT2D eigenvalue weighted by Gasteiger charge is -2.29. The van der Waals surface area contributed by atoms with Crippen molar-refractivity contribution in [2.75, 3.05) is 30.6 Å². The van der Waals surface area contributed by atoms with E-state index in [1.807, 2.05) is 55.4 Å². The number of nitrogens with zero attached hydrogens (tertiary/aromatic N) is 3. The first-order valence-corrected chi connectivity index (χ1v) is 9.64. The lowest BCUT2D eigenvalue weighted by Crippen LogP contribution is -2.37. The van der Waals surface area contributed by atoms with Crippen LogP contribution < -0.4 is 9.96 Å². The summed E-state index contributed by atoms with van der Waals surface area (Å²) in [6, 6.07) is 14.8. The fourth-order valence-corrected chi connectivity index (χ4v) is 4.03. The van der Waals surface area contributed by atoms with Crippen LogP contribution >= 0.6 is 11.6 Å². The third-order valence-electron chi connectivity index (χ3n) is 5.36. The number of hydrogen-bond donors (Lipinski definition) is 0. The number of halogens is 1. The van der Waals surface area contributed by atoms with Crippen LogP contribution in [0.5, 0.6) is 0 Å². The van der Waals surface area contributed by atoms with Crippen molar-refractivity contribution in [2.45, 2.75) is 19.1 Å². The Labute approximate surface area is 169 Å². The molecule has 2 heterocycles. The van der Waals surface area contributed by atoms with Gasteiger partial charge in [0.15, 0.2) is 6.10 Å². The molecule has 2 fully saturated rings. The third-order valence-corrected chi connectivity index (χ3v) is 5.61. The number of imide groups is 1. The highest BCUT2D eigenvalue weighted by molar-refractivity contribution is 6.30. The van der Waals surface area contributed by atoms with Crippen molar-refractivity contribution in [3.05, 3.63) is 59.1 Å². The number of carbonyl (C=O) groups excluding carboxylic acids is 2. The Balaban J connectivity index is 1.77. The molecule has 146 valence electrons. The predicted octanol–water partition coefficient (Wildman–Crippen LogP) is 3.27. The normalized spacial score (nSPS) is 24.1. The number of hydrogen-bond acceptors (Lipinski definition) is 5. The van der Waals surface area contributed by atoms with Crippen molar-refractivity contribution in [3.8, 4) is 0 Å². The number of amides is 2. The monoisotopic (exact) mass is 399 g/mol. The number of benzene rings is 2. The van der Waals surface area contributed by atoms with E-state index in [1.54, 1.807) is 24.1 Å². The van der Waals surface area contributed by atoms with E-state index in [9.17, 15) is 9.59 Å². The van der Waals surface area contributed by atoms with Crippen molar-refractivity contribution < 1.29 is 14.4 Å². The summed E-state index contributed by atoms with van der Waals surface area (Å²) in [5.74, 6) is -1.03. The second-order valence-electron chi connectivity index (χ2n) is 7.21. The maximum Gasteiger partial charge on any atom is 0.261 e. The lowest BCUT2D eigenvalue weighted by molar-refractivity contribution is -0.142. The van der Waals surface area contributed by atoms with Gasteiger partial charge in [0.2, 0.25) is 5.91 Å². The molecule has 0 N–H and O–H groups in total. The summed E-state index contributed by atoms with van der Waals surface area (Å²) in [7, 11) is 3.95. The molecule has 2 aromatic carbocycles. The Morgan fingerprint density at radius 2 is 1.64 bits per heavy atom. The van der Waals surface area contributed by atoms with Crippen molar-refractivity contribution in [2.24, 2.45) is 5.92 Å². The molecule has 0 bridgehead atoms. The van der Waals surface area contributed by atoms with E-state index in [-0.39, 0.29) is 11.8 Å². The summed E-state index contributed by atoms with van der Waals surface area (Å²) in [6.07, 6.45) is -0.804. The first kappa shape index (κ1) is 18.8. The largest absolute Gasteiger partial charge is 0.378 e. The smallest absolute Gasteiger partial charge is 0.261 e. The van der Waals surface area contributed by atoms with E-state index < -0.39 is 18.1 Å². The van der Waals surface area contributed by atoms with Crippen LogP contribution in [0.3, 0.4) is 0 Å². The van der Waals surface area contributed by atoms with E-state index in [2.05, 4.69) is 0 Å². The van der Waals surface area contributed by atoms with Crippen LogP contribution in [0, 0.1) is 5.92 Å². The molecule has 3 atom stereocenters. The SMILES string of the molecule is CCN1C(=O)[C@H]2[C@H](ON(c3ccc(Cl)cc3)[C@H]2c2ccc(N(C)C)cc2)C1=O. The first-order chi connectivity index (χ1) is 13.4. The van der Waals surface area contributed by atoms with Gasteiger partial charge in [0, 0.05) is 31.4 Å². The first-order valence-electron chi connectivity index (χ1n) is 9.26. The number of hydroxylamine groups is 1. The molecule has 0 spiro atoms. The second-order valence-corrected chi connectivity index (χ2v) is 7.64. The summed E-state index contributed by atoms with van der Waals surface area (Å²) >= 11 is 6.02. The van der Waals surface area contributed by atoms with E-state index in [1.165, 1.54) is 4.90 Å². The highest BCUT2D eigenvalue weighted by Gasteiger charge is 2.59. The van der Waals surface area contributed by atoms with Crippen LogP contribution in [0.15, 0.2) is 48.5 Å². The Kier molecular flexibility index (Phi) is 4.77. The van der Waals surface area contributed by atoms with Crippen molar-refractivity contribution in [1.82, 2.24) is 4.90 Å². The summed E-state index contributed by atoms with van der Waals surface area (Å²) in [5.41, 5.74) is 2.73. The molecule has 7 heteroatoms. The molecule has 0 unspecified atom stereocenters. The van der Waals surface area contributed by atoms with Crippen molar-refractivity contribution in [3.63, 3.8) is 0 Å². The summed E-state index contributed by atoms with van der Waals surface area (Å²) in [4.78, 5) is 35.0. The van der Waals surface area contributed by atoms with Gasteiger partial charge in [-0.15, -0.1) is 0 Å². The van der Waals surface area contributed by atoms with Crippen LogP contribution in [0.4, 0.5) is 11.4 Å². The van der Waals surface area contributed by atoms with Gasteiger partial charge in [-0.25, -0.2) is 5.06 Å². The summed E-state index contributed by atoms with van der Waals surface area (Å²) in [5, 5.41) is 2.29. The maximum atomic E-state index is 13.0. The van der Waals surface area contributed by atoms with Gasteiger partial charge in [-0.1, -0.05) is 23.7 Å². The summed E-state index contributed by atoms with van der Waals surface area (Å²) < 4.78 is 0. The van der Waals surface area contributed by atoms with E-state index in [0.717, 1.165) is 16.9 Å². The number of rotatable bonds is 4. The molecule has 28 heavy (non-hydrogen) atoms. The maximum absolute atomic E-state index is 13.0. The molecular formula is C21H22ClN3O3. The fourth-order valence-electron chi connectivity index (χ4n) is 3.90. The van der Waals surface area contributed by atoms with Gasteiger partial charge in [-0.05, 0) is 48.9 Å². The molecule has 2 amide bonds. The van der Waals surface area contributed by atoms with Crippen LogP contribution in [0.1, 0.15) is 18.5 Å².